The number of carbonyl (C=O) groups excluding carboxylic acids is 1. The molecule has 0 aliphatic heterocycles. The second kappa shape index (κ2) is 14.0. The number of esters is 1. The molecule has 0 amide bonds. The molecule has 0 aliphatic carbocycles. The lowest BCUT2D eigenvalue weighted by Gasteiger charge is -2.08. The van der Waals surface area contributed by atoms with Gasteiger partial charge >= 0.3 is 5.97 Å². The van der Waals surface area contributed by atoms with Crippen molar-refractivity contribution in [3.05, 3.63) is 35.9 Å². The van der Waals surface area contributed by atoms with Crippen molar-refractivity contribution in [3.8, 4) is 0 Å². The summed E-state index contributed by atoms with van der Waals surface area (Å²) in [5.41, 5.74) is 1.00. The Morgan fingerprint density at radius 1 is 1.04 bits per heavy atom. The van der Waals surface area contributed by atoms with E-state index in [0.717, 1.165) is 18.7 Å². The zero-order valence-electron chi connectivity index (χ0n) is 15.0. The maximum Gasteiger partial charge on any atom is 0.306 e. The lowest BCUT2D eigenvalue weighted by Crippen LogP contribution is -2.24. The third-order valence-corrected chi connectivity index (χ3v) is 3.26. The van der Waals surface area contributed by atoms with Crippen LogP contribution in [-0.4, -0.2) is 45.5 Å². The second-order valence-electron chi connectivity index (χ2n) is 6.07. The molecule has 1 aromatic carbocycles. The molecule has 0 radical (unpaired) electrons. The minimum Gasteiger partial charge on any atom is -0.461 e. The average Bonchev–Trinajstić information content (AvgIpc) is 2.58. The Hall–Kier alpha value is -1.43. The number of carbonyl (C=O) groups is 1. The molecule has 0 saturated heterocycles. The van der Waals surface area contributed by atoms with E-state index in [2.05, 4.69) is 19.2 Å². The van der Waals surface area contributed by atoms with E-state index in [1.54, 1.807) is 0 Å². The molecule has 0 aliphatic rings. The first-order valence-corrected chi connectivity index (χ1v) is 8.74. The summed E-state index contributed by atoms with van der Waals surface area (Å²) in [6.45, 7) is 8.96. The van der Waals surface area contributed by atoms with Gasteiger partial charge in [0, 0.05) is 19.6 Å². The predicted molar refractivity (Wildman–Crippen MR) is 94.8 cm³/mol. The van der Waals surface area contributed by atoms with Crippen molar-refractivity contribution >= 4 is 5.97 Å². The fourth-order valence-electron chi connectivity index (χ4n) is 1.99. The van der Waals surface area contributed by atoms with Crippen LogP contribution in [-0.2, 0) is 25.6 Å². The number of nitrogens with one attached hydrogen (secondary N) is 1. The lowest BCUT2D eigenvalue weighted by atomic mass is 10.2. The molecule has 5 heteroatoms. The fourth-order valence-corrected chi connectivity index (χ4v) is 1.99. The van der Waals surface area contributed by atoms with Crippen molar-refractivity contribution in [1.82, 2.24) is 5.32 Å². The quantitative estimate of drug-likeness (QED) is 0.418. The summed E-state index contributed by atoms with van der Waals surface area (Å²) >= 11 is 0. The van der Waals surface area contributed by atoms with Crippen molar-refractivity contribution < 1.29 is 19.0 Å². The lowest BCUT2D eigenvalue weighted by molar-refractivity contribution is -0.145. The van der Waals surface area contributed by atoms with Crippen LogP contribution in [0.1, 0.15) is 32.3 Å². The van der Waals surface area contributed by atoms with Crippen LogP contribution < -0.4 is 5.32 Å². The van der Waals surface area contributed by atoms with Gasteiger partial charge in [-0.3, -0.25) is 4.79 Å². The Labute approximate surface area is 145 Å². The van der Waals surface area contributed by atoms with Gasteiger partial charge in [-0.1, -0.05) is 44.2 Å². The molecule has 5 nitrogen and oxygen atoms in total. The van der Waals surface area contributed by atoms with Gasteiger partial charge in [-0.25, -0.2) is 0 Å². The van der Waals surface area contributed by atoms with Gasteiger partial charge in [0.25, 0.3) is 0 Å². The first-order chi connectivity index (χ1) is 11.7. The molecular formula is C19H31NO4. The van der Waals surface area contributed by atoms with Gasteiger partial charge in [0.1, 0.15) is 6.61 Å². The standard InChI is InChI=1S/C19H31NO4/c1-17(2)15-20-10-12-23-14-13-22-11-6-9-19(21)24-16-18-7-4-3-5-8-18/h3-5,7-8,17,20H,6,9-16H2,1-2H3. The van der Waals surface area contributed by atoms with Crippen LogP contribution in [0, 0.1) is 5.92 Å². The van der Waals surface area contributed by atoms with Crippen molar-refractivity contribution in [1.29, 1.82) is 0 Å². The van der Waals surface area contributed by atoms with E-state index >= 15 is 0 Å². The normalized spacial score (nSPS) is 11.0. The molecule has 0 heterocycles. The van der Waals surface area contributed by atoms with Gasteiger partial charge in [-0.05, 0) is 24.4 Å². The summed E-state index contributed by atoms with van der Waals surface area (Å²) in [7, 11) is 0. The van der Waals surface area contributed by atoms with E-state index < -0.39 is 0 Å². The molecule has 0 spiro atoms. The van der Waals surface area contributed by atoms with Crippen LogP contribution in [0.5, 0.6) is 0 Å². The maximum atomic E-state index is 11.6. The maximum absolute atomic E-state index is 11.6. The van der Waals surface area contributed by atoms with Crippen LogP contribution in [0.2, 0.25) is 0 Å². The van der Waals surface area contributed by atoms with E-state index in [1.165, 1.54) is 0 Å². The van der Waals surface area contributed by atoms with Crippen LogP contribution in [0.3, 0.4) is 0 Å². The van der Waals surface area contributed by atoms with Crippen LogP contribution in [0.4, 0.5) is 0 Å². The third-order valence-electron chi connectivity index (χ3n) is 3.26. The Kier molecular flexibility index (Phi) is 12.0. The van der Waals surface area contributed by atoms with Gasteiger partial charge in [0.15, 0.2) is 0 Å². The minimum absolute atomic E-state index is 0.185. The predicted octanol–water partition coefficient (Wildman–Crippen LogP) is 2.79. The third kappa shape index (κ3) is 12.0. The van der Waals surface area contributed by atoms with Gasteiger partial charge in [0.05, 0.1) is 19.8 Å². The number of benzene rings is 1. The monoisotopic (exact) mass is 337 g/mol. The van der Waals surface area contributed by atoms with Crippen LogP contribution in [0.15, 0.2) is 30.3 Å². The first kappa shape index (κ1) is 20.6. The molecule has 0 fully saturated rings. The largest absolute Gasteiger partial charge is 0.461 e. The number of hydrogen-bond donors (Lipinski definition) is 1. The molecular weight excluding hydrogens is 306 g/mol. The molecule has 1 N–H and O–H groups in total. The fraction of sp³-hybridized carbons (Fsp3) is 0.632. The van der Waals surface area contributed by atoms with Crippen molar-refractivity contribution in [3.63, 3.8) is 0 Å². The van der Waals surface area contributed by atoms with E-state index in [1.807, 2.05) is 30.3 Å². The molecule has 0 saturated carbocycles. The smallest absolute Gasteiger partial charge is 0.306 e. The summed E-state index contributed by atoms with van der Waals surface area (Å²) in [4.78, 5) is 11.6. The topological polar surface area (TPSA) is 56.8 Å². The minimum atomic E-state index is -0.185. The number of rotatable bonds is 14. The van der Waals surface area contributed by atoms with E-state index in [4.69, 9.17) is 14.2 Å². The summed E-state index contributed by atoms with van der Waals surface area (Å²) in [6, 6.07) is 9.68. The Bertz CT molecular complexity index is 423. The number of hydrogen-bond acceptors (Lipinski definition) is 5. The van der Waals surface area contributed by atoms with Crippen molar-refractivity contribution in [2.24, 2.45) is 5.92 Å². The molecule has 0 unspecified atom stereocenters. The second-order valence-corrected chi connectivity index (χ2v) is 6.07. The van der Waals surface area contributed by atoms with Crippen molar-refractivity contribution in [2.45, 2.75) is 33.3 Å². The molecule has 136 valence electrons. The molecule has 1 aromatic rings. The summed E-state index contributed by atoms with van der Waals surface area (Å²) in [5.74, 6) is 0.475. The zero-order chi connectivity index (χ0) is 17.5. The first-order valence-electron chi connectivity index (χ1n) is 8.74. The van der Waals surface area contributed by atoms with Gasteiger partial charge < -0.3 is 19.5 Å². The highest BCUT2D eigenvalue weighted by Gasteiger charge is 2.03. The molecule has 0 atom stereocenters. The zero-order valence-corrected chi connectivity index (χ0v) is 15.0. The highest BCUT2D eigenvalue weighted by atomic mass is 16.5. The SMILES string of the molecule is CC(C)CNCCOCCOCCCC(=O)OCc1ccccc1. The van der Waals surface area contributed by atoms with Gasteiger partial charge in [-0.2, -0.15) is 0 Å². The highest BCUT2D eigenvalue weighted by molar-refractivity contribution is 5.69. The summed E-state index contributed by atoms with van der Waals surface area (Å²) in [6.07, 6.45) is 1.05. The summed E-state index contributed by atoms with van der Waals surface area (Å²) < 4.78 is 16.1. The van der Waals surface area contributed by atoms with Crippen LogP contribution >= 0.6 is 0 Å². The van der Waals surface area contributed by atoms with E-state index in [9.17, 15) is 4.79 Å². The molecule has 0 aromatic heterocycles. The molecule has 24 heavy (non-hydrogen) atoms. The average molecular weight is 337 g/mol. The van der Waals surface area contributed by atoms with Crippen molar-refractivity contribution in [2.75, 3.05) is 39.5 Å². The highest BCUT2D eigenvalue weighted by Crippen LogP contribution is 2.02. The Balaban J connectivity index is 1.83. The Morgan fingerprint density at radius 2 is 1.75 bits per heavy atom. The van der Waals surface area contributed by atoms with E-state index in [-0.39, 0.29) is 5.97 Å². The molecule has 0 bridgehead atoms. The molecule has 1 rings (SSSR count). The Morgan fingerprint density at radius 3 is 2.46 bits per heavy atom. The van der Waals surface area contributed by atoms with E-state index in [0.29, 0.717) is 51.8 Å². The summed E-state index contributed by atoms with van der Waals surface area (Å²) in [5, 5.41) is 3.32. The van der Waals surface area contributed by atoms with Gasteiger partial charge in [0.2, 0.25) is 0 Å². The van der Waals surface area contributed by atoms with Crippen LogP contribution in [0.25, 0.3) is 0 Å². The number of ether oxygens (including phenoxy) is 3. The van der Waals surface area contributed by atoms with Gasteiger partial charge in [-0.15, -0.1) is 0 Å².